The van der Waals surface area contributed by atoms with Gasteiger partial charge in [-0.1, -0.05) is 11.8 Å². The number of nitrogens with zero attached hydrogens (tertiary/aromatic N) is 1. The molecule has 1 aliphatic heterocycles. The Balaban J connectivity index is 2.64. The van der Waals surface area contributed by atoms with Gasteiger partial charge in [-0.05, 0) is 0 Å². The maximum atomic E-state index is 13.5. The molecule has 1 saturated heterocycles. The van der Waals surface area contributed by atoms with Crippen molar-refractivity contribution >= 4 is 0 Å². The topological polar surface area (TPSA) is 131 Å². The number of rotatable bonds is 2. The molecule has 0 amide bonds. The number of aromatic amines is 1. The van der Waals surface area contributed by atoms with Crippen molar-refractivity contribution < 1.29 is 26.5 Å². The van der Waals surface area contributed by atoms with Crippen LogP contribution in [-0.2, 0) is 4.74 Å². The van der Waals surface area contributed by atoms with Crippen LogP contribution in [0, 0.1) is 17.7 Å². The predicted molar refractivity (Wildman–Crippen MR) is 69.0 cm³/mol. The second kappa shape index (κ2) is 5.98. The Morgan fingerprint density at radius 1 is 1.64 bits per heavy atom. The summed E-state index contributed by atoms with van der Waals surface area (Å²) in [5.41, 5.74) is 1.08. The van der Waals surface area contributed by atoms with Crippen molar-refractivity contribution in [2.75, 3.05) is 13.2 Å². The Morgan fingerprint density at radius 2 is 2.32 bits per heavy atom. The van der Waals surface area contributed by atoms with Crippen LogP contribution in [0.4, 0.5) is 8.78 Å². The van der Waals surface area contributed by atoms with Crippen LogP contribution >= 0.6 is 0 Å². The molecular weight excluding hydrogens is 304 g/mol. The van der Waals surface area contributed by atoms with Crippen molar-refractivity contribution in [1.82, 2.24) is 9.55 Å². The molecule has 1 fully saturated rings. The molecule has 8 nitrogen and oxygen atoms in total. The maximum absolute atomic E-state index is 13.5. The molecule has 22 heavy (non-hydrogen) atoms. The largest absolute Gasteiger partial charge is 0.394 e. The van der Waals surface area contributed by atoms with Gasteiger partial charge in [0.2, 0.25) is 5.82 Å². The summed E-state index contributed by atoms with van der Waals surface area (Å²) in [7, 11) is 0. The highest BCUT2D eigenvalue weighted by Crippen LogP contribution is 2.35. The minimum Gasteiger partial charge on any atom is -0.394 e. The Hall–Kier alpha value is -2.06. The Kier molecular flexibility index (Phi) is 3.69. The lowest BCUT2D eigenvalue weighted by molar-refractivity contribution is -0.0480. The minimum atomic E-state index is -3.10. The molecule has 5 N–H and O–H groups in total. The van der Waals surface area contributed by atoms with E-state index in [9.17, 15) is 28.6 Å². The first-order valence-electron chi connectivity index (χ1n) is 6.94. The molecule has 1 unspecified atom stereocenters. The summed E-state index contributed by atoms with van der Waals surface area (Å²) in [6.45, 7) is -4.27. The second-order valence-electron chi connectivity index (χ2n) is 4.49. The lowest BCUT2D eigenvalue weighted by atomic mass is 9.91. The molecule has 0 radical (unpaired) electrons. The highest BCUT2D eigenvalue weighted by atomic mass is 19.1. The predicted octanol–water partition coefficient (Wildman–Crippen LogP) is -2.40. The van der Waals surface area contributed by atoms with Crippen LogP contribution in [0.25, 0.3) is 0 Å². The number of hydrogen-bond acceptors (Lipinski definition) is 6. The third kappa shape index (κ3) is 2.55. The van der Waals surface area contributed by atoms with E-state index in [0.29, 0.717) is 10.8 Å². The molecule has 1 aromatic heterocycles. The smallest absolute Gasteiger partial charge is 0.330 e. The summed E-state index contributed by atoms with van der Waals surface area (Å²) in [5.74, 6) is 2.62. The van der Waals surface area contributed by atoms with Gasteiger partial charge in [-0.15, -0.1) is 0 Å². The van der Waals surface area contributed by atoms with E-state index in [1.807, 2.05) is 5.92 Å². The van der Waals surface area contributed by atoms with Crippen LogP contribution in [0.1, 0.15) is 8.97 Å². The summed E-state index contributed by atoms with van der Waals surface area (Å²) in [5, 5.41) is 19.6. The molecule has 1 aliphatic rings. The molecular formula is C12H13F2N3O5. The van der Waals surface area contributed by atoms with Crippen LogP contribution in [-0.4, -0.2) is 50.7 Å². The van der Waals surface area contributed by atoms with Crippen LogP contribution < -0.4 is 17.0 Å². The molecule has 1 aromatic rings. The maximum Gasteiger partial charge on any atom is 0.330 e. The first-order chi connectivity index (χ1) is 11.0. The zero-order valence-corrected chi connectivity index (χ0v) is 10.9. The van der Waals surface area contributed by atoms with Crippen molar-refractivity contribution in [3.05, 3.63) is 32.9 Å². The summed E-state index contributed by atoms with van der Waals surface area (Å²) in [6.07, 6.45) is -5.35. The molecule has 4 atom stereocenters. The molecule has 2 heterocycles. The number of nitrogens with two attached hydrogens (primary N) is 1. The summed E-state index contributed by atoms with van der Waals surface area (Å²) in [4.78, 5) is 24.6. The summed E-state index contributed by atoms with van der Waals surface area (Å²) < 4.78 is 45.8. The Morgan fingerprint density at radius 3 is 2.91 bits per heavy atom. The van der Waals surface area contributed by atoms with Crippen molar-refractivity contribution in [3.63, 3.8) is 0 Å². The van der Waals surface area contributed by atoms with E-state index in [1.54, 1.807) is 4.98 Å². The number of halogens is 2. The van der Waals surface area contributed by atoms with Gasteiger partial charge in [0.1, 0.15) is 18.9 Å². The molecule has 0 aliphatic carbocycles. The van der Waals surface area contributed by atoms with Gasteiger partial charge in [-0.2, -0.15) is 4.39 Å². The number of alkyl halides is 1. The second-order valence-corrected chi connectivity index (χ2v) is 4.49. The first kappa shape index (κ1) is 13.6. The number of nitrogens with one attached hydrogen (secondary N) is 1. The van der Waals surface area contributed by atoms with Crippen molar-refractivity contribution in [1.29, 1.82) is 0 Å². The number of hydrogen-bond donors (Lipinski definition) is 4. The van der Waals surface area contributed by atoms with Crippen molar-refractivity contribution in [3.8, 4) is 11.8 Å². The van der Waals surface area contributed by atoms with E-state index in [1.165, 1.54) is 0 Å². The van der Waals surface area contributed by atoms with Crippen LogP contribution in [0.15, 0.2) is 15.8 Å². The van der Waals surface area contributed by atoms with E-state index in [-0.39, 0.29) is 0 Å². The number of H-pyrrole nitrogens is 1. The van der Waals surface area contributed by atoms with E-state index in [4.69, 9.17) is 13.2 Å². The molecule has 120 valence electrons. The van der Waals surface area contributed by atoms with Gasteiger partial charge >= 0.3 is 5.69 Å². The number of ether oxygens (including phenoxy) is 1. The number of aliphatic hydroxyl groups excluding tert-OH is 1. The summed E-state index contributed by atoms with van der Waals surface area (Å²) >= 11 is 0. The SMILES string of the molecule is [2H]C([2H])(O)[C@H]1O[C@@H](n2cc(F)c(=O)[nH]c2=O)[C@@](N)(C#CCF)C1O. The summed E-state index contributed by atoms with van der Waals surface area (Å²) in [6, 6.07) is 0. The van der Waals surface area contributed by atoms with Gasteiger partial charge in [0.15, 0.2) is 11.8 Å². The van der Waals surface area contributed by atoms with Gasteiger partial charge in [0, 0.05) is 0 Å². The Bertz CT molecular complexity index is 812. The van der Waals surface area contributed by atoms with Gasteiger partial charge in [-0.3, -0.25) is 14.3 Å². The molecule has 10 heteroatoms. The average Bonchev–Trinajstić information content (AvgIpc) is 2.74. The van der Waals surface area contributed by atoms with Crippen molar-refractivity contribution in [2.45, 2.75) is 24.0 Å². The zero-order chi connectivity index (χ0) is 18.3. The van der Waals surface area contributed by atoms with Crippen molar-refractivity contribution in [2.24, 2.45) is 5.73 Å². The first-order valence-corrected chi connectivity index (χ1v) is 5.94. The quantitative estimate of drug-likeness (QED) is 0.449. The standard InChI is InChI=1S/C12H13F2N3O5/c13-3-1-2-12(15)8(19)7(5-18)22-10(12)17-4-6(14)9(20)16-11(17)21/h4,7-8,10,18-19H,3,5,15H2,(H,16,20,21)/t7-,8?,10-,12-/m1/s1/i5D2. The Labute approximate surface area is 124 Å². The third-order valence-electron chi connectivity index (χ3n) is 3.14. The average molecular weight is 319 g/mol. The monoisotopic (exact) mass is 319 g/mol. The van der Waals surface area contributed by atoms with Crippen LogP contribution in [0.3, 0.4) is 0 Å². The molecule has 0 spiro atoms. The lowest BCUT2D eigenvalue weighted by Crippen LogP contribution is -2.55. The fraction of sp³-hybridized carbons (Fsp3) is 0.500. The molecule has 2 rings (SSSR count). The van der Waals surface area contributed by atoms with Gasteiger partial charge < -0.3 is 20.7 Å². The normalized spacial score (nSPS) is 32.9. The molecule has 0 saturated carbocycles. The fourth-order valence-corrected chi connectivity index (χ4v) is 2.08. The zero-order valence-electron chi connectivity index (χ0n) is 12.9. The molecule has 0 bridgehead atoms. The van der Waals surface area contributed by atoms with E-state index in [0.717, 1.165) is 0 Å². The fourth-order valence-electron chi connectivity index (χ4n) is 2.08. The highest BCUT2D eigenvalue weighted by molar-refractivity contribution is 5.26. The van der Waals surface area contributed by atoms with E-state index in [2.05, 4.69) is 5.92 Å². The number of aliphatic hydroxyl groups is 2. The number of aromatic nitrogens is 2. The minimum absolute atomic E-state index is 0.423. The van der Waals surface area contributed by atoms with Gasteiger partial charge in [0.25, 0.3) is 5.56 Å². The van der Waals surface area contributed by atoms with E-state index < -0.39 is 54.3 Å². The van der Waals surface area contributed by atoms with Gasteiger partial charge in [0.05, 0.1) is 15.5 Å². The third-order valence-corrected chi connectivity index (χ3v) is 3.14. The van der Waals surface area contributed by atoms with E-state index >= 15 is 0 Å². The van der Waals surface area contributed by atoms with Crippen LogP contribution in [0.2, 0.25) is 0 Å². The van der Waals surface area contributed by atoms with Crippen LogP contribution in [0.5, 0.6) is 0 Å². The molecule has 0 aromatic carbocycles. The highest BCUT2D eigenvalue weighted by Gasteiger charge is 2.54. The van der Waals surface area contributed by atoms with Gasteiger partial charge in [-0.25, -0.2) is 9.18 Å². The lowest BCUT2D eigenvalue weighted by Gasteiger charge is -2.27.